The highest BCUT2D eigenvalue weighted by Crippen LogP contribution is 2.35. The summed E-state index contributed by atoms with van der Waals surface area (Å²) in [5, 5.41) is 4.57. The Balaban J connectivity index is 1.64. The second-order valence-corrected chi connectivity index (χ2v) is 6.83. The molecule has 0 aromatic rings. The smallest absolute Gasteiger partial charge is 0.0235 e. The molecule has 0 aliphatic carbocycles. The van der Waals surface area contributed by atoms with Gasteiger partial charge in [-0.15, -0.1) is 0 Å². The molecule has 0 aromatic carbocycles. The molecular formula is C12H22N2S. The average molecular weight is 226 g/mol. The van der Waals surface area contributed by atoms with Gasteiger partial charge in [-0.3, -0.25) is 4.90 Å². The van der Waals surface area contributed by atoms with Gasteiger partial charge in [-0.05, 0) is 37.5 Å². The average Bonchev–Trinajstić information content (AvgIpc) is 2.82. The van der Waals surface area contributed by atoms with Crippen LogP contribution in [0.2, 0.25) is 0 Å². The SMILES string of the molecule is CC1SCCC1N1C[C@@H]2CCCN[C@@H]2C1. The van der Waals surface area contributed by atoms with Crippen LogP contribution in [0.3, 0.4) is 0 Å². The predicted molar refractivity (Wildman–Crippen MR) is 66.4 cm³/mol. The first kappa shape index (κ1) is 10.4. The zero-order chi connectivity index (χ0) is 10.3. The second-order valence-electron chi connectivity index (χ2n) is 5.35. The number of nitrogens with zero attached hydrogens (tertiary/aromatic N) is 1. The third kappa shape index (κ3) is 1.94. The highest BCUT2D eigenvalue weighted by molar-refractivity contribution is 8.00. The summed E-state index contributed by atoms with van der Waals surface area (Å²) in [6, 6.07) is 1.69. The third-order valence-corrected chi connectivity index (χ3v) is 5.74. The molecule has 15 heavy (non-hydrogen) atoms. The van der Waals surface area contributed by atoms with Crippen LogP contribution in [-0.2, 0) is 0 Å². The van der Waals surface area contributed by atoms with E-state index < -0.39 is 0 Å². The number of fused-ring (bicyclic) bond motifs is 1. The van der Waals surface area contributed by atoms with E-state index in [0.29, 0.717) is 0 Å². The maximum absolute atomic E-state index is 3.70. The number of hydrogen-bond acceptors (Lipinski definition) is 3. The van der Waals surface area contributed by atoms with E-state index in [1.165, 1.54) is 44.6 Å². The van der Waals surface area contributed by atoms with Crippen molar-refractivity contribution >= 4 is 11.8 Å². The fourth-order valence-corrected chi connectivity index (χ4v) is 4.83. The van der Waals surface area contributed by atoms with E-state index >= 15 is 0 Å². The maximum atomic E-state index is 3.70. The number of likely N-dealkylation sites (tertiary alicyclic amines) is 1. The van der Waals surface area contributed by atoms with Gasteiger partial charge in [0.25, 0.3) is 0 Å². The molecule has 2 nitrogen and oxygen atoms in total. The minimum atomic E-state index is 0.816. The molecular weight excluding hydrogens is 204 g/mol. The molecule has 1 N–H and O–H groups in total. The zero-order valence-corrected chi connectivity index (χ0v) is 10.4. The van der Waals surface area contributed by atoms with Crippen molar-refractivity contribution in [1.29, 1.82) is 0 Å². The Morgan fingerprint density at radius 1 is 1.27 bits per heavy atom. The Kier molecular flexibility index (Phi) is 2.97. The van der Waals surface area contributed by atoms with Crippen LogP contribution < -0.4 is 5.32 Å². The van der Waals surface area contributed by atoms with Crippen molar-refractivity contribution in [2.75, 3.05) is 25.4 Å². The van der Waals surface area contributed by atoms with Crippen LogP contribution in [-0.4, -0.2) is 47.6 Å². The third-order valence-electron chi connectivity index (χ3n) is 4.43. The zero-order valence-electron chi connectivity index (χ0n) is 9.61. The van der Waals surface area contributed by atoms with Crippen LogP contribution in [0.4, 0.5) is 0 Å². The summed E-state index contributed by atoms with van der Waals surface area (Å²) >= 11 is 2.16. The van der Waals surface area contributed by atoms with Crippen LogP contribution >= 0.6 is 11.8 Å². The van der Waals surface area contributed by atoms with Crippen molar-refractivity contribution in [2.45, 2.75) is 43.5 Å². The van der Waals surface area contributed by atoms with Crippen LogP contribution in [0.1, 0.15) is 26.2 Å². The Morgan fingerprint density at radius 3 is 2.93 bits per heavy atom. The monoisotopic (exact) mass is 226 g/mol. The van der Waals surface area contributed by atoms with Crippen molar-refractivity contribution in [2.24, 2.45) is 5.92 Å². The largest absolute Gasteiger partial charge is 0.312 e. The molecule has 3 rings (SSSR count). The van der Waals surface area contributed by atoms with Gasteiger partial charge >= 0.3 is 0 Å². The summed E-state index contributed by atoms with van der Waals surface area (Å²) in [5.41, 5.74) is 0. The van der Waals surface area contributed by atoms with Gasteiger partial charge in [0, 0.05) is 30.4 Å². The van der Waals surface area contributed by atoms with Crippen LogP contribution in [0.5, 0.6) is 0 Å². The summed E-state index contributed by atoms with van der Waals surface area (Å²) in [6.07, 6.45) is 4.28. The lowest BCUT2D eigenvalue weighted by molar-refractivity contribution is 0.233. The molecule has 3 aliphatic heterocycles. The Labute approximate surface area is 97.2 Å². The lowest BCUT2D eigenvalue weighted by Crippen LogP contribution is -2.42. The molecule has 3 aliphatic rings. The van der Waals surface area contributed by atoms with Gasteiger partial charge in [-0.2, -0.15) is 11.8 Å². The predicted octanol–water partition coefficient (Wildman–Crippen LogP) is 1.56. The summed E-state index contributed by atoms with van der Waals surface area (Å²) in [6.45, 7) is 6.36. The van der Waals surface area contributed by atoms with E-state index in [0.717, 1.165) is 23.3 Å². The molecule has 0 radical (unpaired) electrons. The number of thioether (sulfide) groups is 1. The van der Waals surface area contributed by atoms with Gasteiger partial charge in [0.05, 0.1) is 0 Å². The highest BCUT2D eigenvalue weighted by Gasteiger charge is 2.39. The molecule has 0 bridgehead atoms. The lowest BCUT2D eigenvalue weighted by atomic mass is 9.94. The van der Waals surface area contributed by atoms with E-state index in [1.807, 2.05) is 0 Å². The molecule has 2 unspecified atom stereocenters. The first-order valence-electron chi connectivity index (χ1n) is 6.43. The van der Waals surface area contributed by atoms with E-state index in [2.05, 4.69) is 28.9 Å². The Hall–Kier alpha value is 0.270. The lowest BCUT2D eigenvalue weighted by Gasteiger charge is -2.26. The van der Waals surface area contributed by atoms with E-state index in [9.17, 15) is 0 Å². The number of rotatable bonds is 1. The molecule has 86 valence electrons. The minimum absolute atomic E-state index is 0.816. The molecule has 3 heteroatoms. The summed E-state index contributed by atoms with van der Waals surface area (Å²) in [7, 11) is 0. The van der Waals surface area contributed by atoms with Crippen LogP contribution in [0, 0.1) is 5.92 Å². The van der Waals surface area contributed by atoms with Crippen LogP contribution in [0.25, 0.3) is 0 Å². The van der Waals surface area contributed by atoms with E-state index in [1.54, 1.807) is 0 Å². The molecule has 3 fully saturated rings. The first-order chi connectivity index (χ1) is 7.34. The van der Waals surface area contributed by atoms with Crippen molar-refractivity contribution in [3.63, 3.8) is 0 Å². The molecule has 0 aromatic heterocycles. The first-order valence-corrected chi connectivity index (χ1v) is 7.48. The summed E-state index contributed by atoms with van der Waals surface area (Å²) < 4.78 is 0. The van der Waals surface area contributed by atoms with Gasteiger partial charge in [0.2, 0.25) is 0 Å². The fourth-order valence-electron chi connectivity index (χ4n) is 3.55. The summed E-state index contributed by atoms with van der Waals surface area (Å²) in [4.78, 5) is 2.78. The Bertz CT molecular complexity index is 220. The number of nitrogens with one attached hydrogen (secondary N) is 1. The van der Waals surface area contributed by atoms with Crippen molar-refractivity contribution in [3.05, 3.63) is 0 Å². The minimum Gasteiger partial charge on any atom is -0.312 e. The van der Waals surface area contributed by atoms with Gasteiger partial charge in [0.15, 0.2) is 0 Å². The number of piperidine rings is 1. The molecule has 0 amide bonds. The van der Waals surface area contributed by atoms with Gasteiger partial charge in [-0.25, -0.2) is 0 Å². The standard InChI is InChI=1S/C12H22N2S/c1-9-12(4-6-15-9)14-7-10-3-2-5-13-11(10)8-14/h9-13H,2-8H2,1H3/t9?,10-,11+,12?/m0/s1. The van der Waals surface area contributed by atoms with Gasteiger partial charge < -0.3 is 5.32 Å². The van der Waals surface area contributed by atoms with E-state index in [-0.39, 0.29) is 0 Å². The Morgan fingerprint density at radius 2 is 2.20 bits per heavy atom. The topological polar surface area (TPSA) is 15.3 Å². The second kappa shape index (κ2) is 4.27. The fraction of sp³-hybridized carbons (Fsp3) is 1.00. The molecule has 0 saturated carbocycles. The summed E-state index contributed by atoms with van der Waals surface area (Å²) in [5.74, 6) is 2.34. The van der Waals surface area contributed by atoms with Crippen molar-refractivity contribution in [3.8, 4) is 0 Å². The number of hydrogen-bond donors (Lipinski definition) is 1. The molecule has 3 saturated heterocycles. The van der Waals surface area contributed by atoms with Gasteiger partial charge in [0.1, 0.15) is 0 Å². The quantitative estimate of drug-likeness (QED) is 0.730. The van der Waals surface area contributed by atoms with Crippen molar-refractivity contribution < 1.29 is 0 Å². The molecule has 4 atom stereocenters. The van der Waals surface area contributed by atoms with Crippen molar-refractivity contribution in [1.82, 2.24) is 10.2 Å². The van der Waals surface area contributed by atoms with Crippen LogP contribution in [0.15, 0.2) is 0 Å². The maximum Gasteiger partial charge on any atom is 0.0235 e. The molecule has 3 heterocycles. The van der Waals surface area contributed by atoms with E-state index in [4.69, 9.17) is 0 Å². The molecule has 0 spiro atoms. The highest BCUT2D eigenvalue weighted by atomic mass is 32.2. The normalized spacial score (nSPS) is 47.0. The van der Waals surface area contributed by atoms with Gasteiger partial charge in [-0.1, -0.05) is 6.92 Å².